The van der Waals surface area contributed by atoms with Crippen molar-refractivity contribution in [2.45, 2.75) is 13.8 Å². The highest BCUT2D eigenvalue weighted by Gasteiger charge is 2.02. The number of hydrogen-bond acceptors (Lipinski definition) is 6. The number of ether oxygens (including phenoxy) is 2. The van der Waals surface area contributed by atoms with Gasteiger partial charge in [-0.3, -0.25) is 4.79 Å². The number of nitrogens with one attached hydrogen (secondary N) is 1. The van der Waals surface area contributed by atoms with Gasteiger partial charge in [0, 0.05) is 43.5 Å². The van der Waals surface area contributed by atoms with Gasteiger partial charge in [-0.1, -0.05) is 11.8 Å². The smallest absolute Gasteiger partial charge is 0.184 e. The fourth-order valence-corrected chi connectivity index (χ4v) is 2.70. The first-order chi connectivity index (χ1) is 17.0. The zero-order valence-corrected chi connectivity index (χ0v) is 20.0. The molecule has 174 valence electrons. The zero-order chi connectivity index (χ0) is 25.6. The van der Waals surface area contributed by atoms with Crippen molar-refractivity contribution < 1.29 is 14.6 Å². The largest absolute Gasteiger partial charge is 0.497 e. The molecular formula is C28H23N3O4. The average molecular weight is 466 g/mol. The minimum absolute atomic E-state index is 0.227. The summed E-state index contributed by atoms with van der Waals surface area (Å²) >= 11 is 0. The van der Waals surface area contributed by atoms with Crippen LogP contribution < -0.4 is 14.9 Å². The maximum absolute atomic E-state index is 12.1. The summed E-state index contributed by atoms with van der Waals surface area (Å²) in [7, 11) is 4.12. The van der Waals surface area contributed by atoms with Crippen LogP contribution in [0.3, 0.4) is 0 Å². The Morgan fingerprint density at radius 2 is 1.03 bits per heavy atom. The van der Waals surface area contributed by atoms with Crippen LogP contribution in [0, 0.1) is 47.4 Å². The van der Waals surface area contributed by atoms with Crippen LogP contribution in [0.5, 0.6) is 11.5 Å². The lowest BCUT2D eigenvalue weighted by molar-refractivity contribution is 0.399. The zero-order valence-electron chi connectivity index (χ0n) is 20.0. The monoisotopic (exact) mass is 465 g/mol. The molecule has 35 heavy (non-hydrogen) atoms. The van der Waals surface area contributed by atoms with Gasteiger partial charge in [-0.2, -0.15) is 0 Å². The second-order valence-electron chi connectivity index (χ2n) is 6.45. The van der Waals surface area contributed by atoms with Gasteiger partial charge in [0.05, 0.1) is 25.6 Å². The second-order valence-corrected chi connectivity index (χ2v) is 6.45. The van der Waals surface area contributed by atoms with Crippen LogP contribution in [0.4, 0.5) is 0 Å². The standard InChI is InChI=1S/C27H19N3O3.CH4O/c1-5-7-19-15-26(32-3)17-23(28-19)11-9-21-13-25(31)14-22(30-21)10-12-24-18-27(33-4)16-20(29-24)8-6-2;1-2/h13-18H,1-4H3,(H,30,31);2H,1H3. The molecule has 0 fully saturated rings. The molecule has 0 aliphatic carbocycles. The topological polar surface area (TPSA) is 97.3 Å². The molecule has 0 saturated heterocycles. The van der Waals surface area contributed by atoms with E-state index >= 15 is 0 Å². The number of rotatable bonds is 2. The second kappa shape index (κ2) is 13.6. The van der Waals surface area contributed by atoms with E-state index in [1.54, 1.807) is 52.3 Å². The molecule has 0 amide bonds. The third-order valence-corrected chi connectivity index (χ3v) is 4.07. The van der Waals surface area contributed by atoms with Crippen molar-refractivity contribution in [1.82, 2.24) is 15.0 Å². The van der Waals surface area contributed by atoms with Crippen molar-refractivity contribution >= 4 is 0 Å². The molecule has 0 unspecified atom stereocenters. The van der Waals surface area contributed by atoms with Crippen LogP contribution in [0.25, 0.3) is 0 Å². The molecule has 7 nitrogen and oxygen atoms in total. The number of aliphatic hydroxyl groups is 1. The first kappa shape index (κ1) is 26.3. The lowest BCUT2D eigenvalue weighted by atomic mass is 10.2. The van der Waals surface area contributed by atoms with Gasteiger partial charge in [-0.25, -0.2) is 9.97 Å². The minimum atomic E-state index is -0.227. The summed E-state index contributed by atoms with van der Waals surface area (Å²) in [5, 5.41) is 7.00. The van der Waals surface area contributed by atoms with Crippen molar-refractivity contribution in [2.75, 3.05) is 21.3 Å². The van der Waals surface area contributed by atoms with Gasteiger partial charge in [0.15, 0.2) is 5.43 Å². The van der Waals surface area contributed by atoms with Gasteiger partial charge in [-0.05, 0) is 49.4 Å². The number of aromatic nitrogens is 3. The maximum atomic E-state index is 12.1. The van der Waals surface area contributed by atoms with Crippen LogP contribution in [0.1, 0.15) is 48.0 Å². The van der Waals surface area contributed by atoms with E-state index in [-0.39, 0.29) is 5.43 Å². The Labute approximate surface area is 204 Å². The van der Waals surface area contributed by atoms with E-state index in [0.29, 0.717) is 45.7 Å². The van der Waals surface area contributed by atoms with Gasteiger partial charge in [0.25, 0.3) is 0 Å². The van der Waals surface area contributed by atoms with Gasteiger partial charge in [0.2, 0.25) is 0 Å². The average Bonchev–Trinajstić information content (AvgIpc) is 2.87. The predicted molar refractivity (Wildman–Crippen MR) is 134 cm³/mol. The Bertz CT molecular complexity index is 1400. The molecule has 0 aliphatic heterocycles. The number of hydrogen-bond donors (Lipinski definition) is 2. The summed E-state index contributed by atoms with van der Waals surface area (Å²) in [5.41, 5.74) is 2.60. The summed E-state index contributed by atoms with van der Waals surface area (Å²) in [6.07, 6.45) is 0. The summed E-state index contributed by atoms with van der Waals surface area (Å²) in [6.45, 7) is 3.45. The highest BCUT2D eigenvalue weighted by Crippen LogP contribution is 2.14. The Morgan fingerprint density at radius 3 is 1.37 bits per heavy atom. The molecule has 0 aromatic carbocycles. The van der Waals surface area contributed by atoms with Crippen LogP contribution in [0.15, 0.2) is 41.2 Å². The van der Waals surface area contributed by atoms with Crippen molar-refractivity contribution in [3.8, 4) is 58.9 Å². The molecular weight excluding hydrogens is 442 g/mol. The number of aliphatic hydroxyl groups excluding tert-OH is 1. The molecule has 0 spiro atoms. The Balaban J connectivity index is 0.00000210. The van der Waals surface area contributed by atoms with E-state index in [1.165, 1.54) is 12.1 Å². The van der Waals surface area contributed by atoms with E-state index in [2.05, 4.69) is 62.3 Å². The summed E-state index contributed by atoms with van der Waals surface area (Å²) < 4.78 is 10.5. The Kier molecular flexibility index (Phi) is 10.2. The molecule has 0 aliphatic rings. The summed E-state index contributed by atoms with van der Waals surface area (Å²) in [6, 6.07) is 9.63. The SMILES string of the molecule is CC#Cc1cc(OC)cc(C#Cc2cc(=O)cc(C#Cc3cc(OC)cc(C#CC)n3)[nH]2)n1.CO. The quantitative estimate of drug-likeness (QED) is 0.564. The van der Waals surface area contributed by atoms with E-state index < -0.39 is 0 Å². The predicted octanol–water partition coefficient (Wildman–Crippen LogP) is 2.33. The summed E-state index contributed by atoms with van der Waals surface area (Å²) in [4.78, 5) is 23.9. The molecule has 0 saturated carbocycles. The molecule has 2 N–H and O–H groups in total. The van der Waals surface area contributed by atoms with Crippen molar-refractivity contribution in [3.63, 3.8) is 0 Å². The molecule has 0 bridgehead atoms. The molecule has 0 atom stereocenters. The fraction of sp³-hybridized carbons (Fsp3) is 0.179. The van der Waals surface area contributed by atoms with Crippen molar-refractivity contribution in [2.24, 2.45) is 0 Å². The van der Waals surface area contributed by atoms with E-state index in [9.17, 15) is 4.79 Å². The number of aromatic amines is 1. The highest BCUT2D eigenvalue weighted by atomic mass is 16.5. The molecule has 7 heteroatoms. The minimum Gasteiger partial charge on any atom is -0.497 e. The normalized spacial score (nSPS) is 8.63. The maximum Gasteiger partial charge on any atom is 0.184 e. The molecule has 3 aromatic rings. The Hall–Kier alpha value is -4.95. The van der Waals surface area contributed by atoms with E-state index in [4.69, 9.17) is 14.6 Å². The van der Waals surface area contributed by atoms with Crippen LogP contribution in [-0.4, -0.2) is 41.4 Å². The van der Waals surface area contributed by atoms with Gasteiger partial charge in [0.1, 0.15) is 34.3 Å². The van der Waals surface area contributed by atoms with Crippen LogP contribution in [0.2, 0.25) is 0 Å². The highest BCUT2D eigenvalue weighted by molar-refractivity contribution is 5.46. The van der Waals surface area contributed by atoms with Crippen molar-refractivity contribution in [1.29, 1.82) is 0 Å². The molecule has 3 rings (SSSR count). The van der Waals surface area contributed by atoms with Gasteiger partial charge < -0.3 is 19.6 Å². The lowest BCUT2D eigenvalue weighted by Crippen LogP contribution is -2.03. The van der Waals surface area contributed by atoms with E-state index in [1.807, 2.05) is 0 Å². The number of pyridine rings is 3. The molecule has 3 aromatic heterocycles. The van der Waals surface area contributed by atoms with Crippen molar-refractivity contribution in [3.05, 3.63) is 80.8 Å². The lowest BCUT2D eigenvalue weighted by Gasteiger charge is -2.01. The van der Waals surface area contributed by atoms with Gasteiger partial charge >= 0.3 is 0 Å². The number of nitrogens with zero attached hydrogens (tertiary/aromatic N) is 2. The third kappa shape index (κ3) is 8.16. The third-order valence-electron chi connectivity index (χ3n) is 4.07. The van der Waals surface area contributed by atoms with Crippen LogP contribution >= 0.6 is 0 Å². The van der Waals surface area contributed by atoms with E-state index in [0.717, 1.165) is 7.11 Å². The molecule has 0 radical (unpaired) electrons. The fourth-order valence-electron chi connectivity index (χ4n) is 2.70. The van der Waals surface area contributed by atoms with Crippen LogP contribution in [-0.2, 0) is 0 Å². The number of H-pyrrole nitrogens is 1. The number of methoxy groups -OCH3 is 2. The first-order valence-corrected chi connectivity index (χ1v) is 10.2. The molecule has 3 heterocycles. The Morgan fingerprint density at radius 1 is 0.657 bits per heavy atom. The summed E-state index contributed by atoms with van der Waals surface area (Å²) in [5.74, 6) is 24.2. The van der Waals surface area contributed by atoms with Gasteiger partial charge in [-0.15, -0.1) is 0 Å². The first-order valence-electron chi connectivity index (χ1n) is 10.2.